The standard InChI is InChI=1S/C23H24ClN3O2S2/c1-4-6-13-27-21(28)20(31-23(27)25-17-10-8-7-9-16(17)24)22-26(5-2)18-14-15(29-3)11-12-19(18)30-22/h7-12,14H,4-6,13H2,1-3H3. The van der Waals surface area contributed by atoms with Crippen molar-refractivity contribution in [2.45, 2.75) is 31.6 Å². The van der Waals surface area contributed by atoms with Gasteiger partial charge in [-0.2, -0.15) is 0 Å². The number of ether oxygens (including phenoxy) is 1. The molecule has 0 unspecified atom stereocenters. The number of amides is 1. The lowest BCUT2D eigenvalue weighted by Crippen LogP contribution is -2.30. The highest BCUT2D eigenvalue weighted by atomic mass is 35.5. The summed E-state index contributed by atoms with van der Waals surface area (Å²) in [5, 5.41) is 2.20. The van der Waals surface area contributed by atoms with Gasteiger partial charge in [-0.05, 0) is 49.4 Å². The van der Waals surface area contributed by atoms with E-state index in [4.69, 9.17) is 21.3 Å². The highest BCUT2D eigenvalue weighted by Gasteiger charge is 2.39. The summed E-state index contributed by atoms with van der Waals surface area (Å²) < 4.78 is 5.41. The predicted octanol–water partition coefficient (Wildman–Crippen LogP) is 6.51. The van der Waals surface area contributed by atoms with E-state index in [9.17, 15) is 4.79 Å². The van der Waals surface area contributed by atoms with E-state index in [1.807, 2.05) is 42.5 Å². The number of nitrogens with zero attached hydrogens (tertiary/aromatic N) is 3. The van der Waals surface area contributed by atoms with Crippen LogP contribution in [0, 0.1) is 0 Å². The van der Waals surface area contributed by atoms with Crippen molar-refractivity contribution in [1.82, 2.24) is 4.90 Å². The Bertz CT molecular complexity index is 1070. The molecule has 0 spiro atoms. The minimum Gasteiger partial charge on any atom is -0.497 e. The number of aliphatic imine (C=N–C) groups is 1. The van der Waals surface area contributed by atoms with Crippen LogP contribution in [0.5, 0.6) is 5.75 Å². The fourth-order valence-electron chi connectivity index (χ4n) is 3.45. The molecule has 1 fully saturated rings. The second kappa shape index (κ2) is 9.59. The largest absolute Gasteiger partial charge is 0.497 e. The number of unbranched alkanes of at least 4 members (excludes halogenated alkanes) is 1. The molecule has 0 aliphatic carbocycles. The van der Waals surface area contributed by atoms with Gasteiger partial charge in [0.2, 0.25) is 0 Å². The number of para-hydroxylation sites is 1. The average Bonchev–Trinajstić information content (AvgIpc) is 3.30. The van der Waals surface area contributed by atoms with E-state index >= 15 is 0 Å². The normalized spacial score (nSPS) is 19.5. The second-order valence-electron chi connectivity index (χ2n) is 7.07. The molecule has 2 aromatic rings. The number of anilines is 1. The molecule has 0 saturated carbocycles. The summed E-state index contributed by atoms with van der Waals surface area (Å²) in [7, 11) is 1.67. The van der Waals surface area contributed by atoms with Crippen molar-refractivity contribution in [3.63, 3.8) is 0 Å². The molecule has 0 aromatic heterocycles. The minimum absolute atomic E-state index is 0.00461. The molecule has 1 amide bonds. The Morgan fingerprint density at radius 2 is 1.90 bits per heavy atom. The maximum atomic E-state index is 13.5. The van der Waals surface area contributed by atoms with Crippen LogP contribution >= 0.6 is 35.1 Å². The zero-order valence-electron chi connectivity index (χ0n) is 17.7. The third kappa shape index (κ3) is 4.31. The third-order valence-electron chi connectivity index (χ3n) is 5.09. The van der Waals surface area contributed by atoms with Gasteiger partial charge in [0.15, 0.2) is 5.17 Å². The number of thioether (sulfide) groups is 2. The molecule has 5 nitrogen and oxygen atoms in total. The lowest BCUT2D eigenvalue weighted by atomic mass is 10.2. The van der Waals surface area contributed by atoms with Crippen molar-refractivity contribution in [1.29, 1.82) is 0 Å². The molecule has 2 aliphatic rings. The molecule has 2 aromatic carbocycles. The lowest BCUT2D eigenvalue weighted by Gasteiger charge is -2.19. The zero-order valence-corrected chi connectivity index (χ0v) is 20.1. The third-order valence-corrected chi connectivity index (χ3v) is 7.78. The Labute approximate surface area is 196 Å². The molecule has 2 aliphatic heterocycles. The molecule has 162 valence electrons. The first-order chi connectivity index (χ1) is 15.1. The molecule has 8 heteroatoms. The first-order valence-electron chi connectivity index (χ1n) is 10.3. The van der Waals surface area contributed by atoms with Gasteiger partial charge in [-0.15, -0.1) is 0 Å². The van der Waals surface area contributed by atoms with Gasteiger partial charge in [0.05, 0.1) is 23.5 Å². The first-order valence-corrected chi connectivity index (χ1v) is 12.3. The van der Waals surface area contributed by atoms with E-state index < -0.39 is 0 Å². The van der Waals surface area contributed by atoms with Gasteiger partial charge in [0.25, 0.3) is 5.91 Å². The van der Waals surface area contributed by atoms with Crippen LogP contribution in [0.15, 0.2) is 62.3 Å². The molecule has 0 N–H and O–H groups in total. The first kappa shape index (κ1) is 22.1. The maximum absolute atomic E-state index is 13.5. The maximum Gasteiger partial charge on any atom is 0.269 e. The van der Waals surface area contributed by atoms with E-state index in [2.05, 4.69) is 18.7 Å². The Kier molecular flexibility index (Phi) is 6.84. The van der Waals surface area contributed by atoms with Crippen molar-refractivity contribution in [2.24, 2.45) is 4.99 Å². The predicted molar refractivity (Wildman–Crippen MR) is 132 cm³/mol. The number of halogens is 1. The van der Waals surface area contributed by atoms with Crippen LogP contribution in [0.2, 0.25) is 5.02 Å². The lowest BCUT2D eigenvalue weighted by molar-refractivity contribution is -0.122. The van der Waals surface area contributed by atoms with Crippen LogP contribution in [0.25, 0.3) is 0 Å². The van der Waals surface area contributed by atoms with Crippen LogP contribution < -0.4 is 9.64 Å². The summed E-state index contributed by atoms with van der Waals surface area (Å²) in [6.45, 7) is 5.60. The molecular formula is C23H24ClN3O2S2. The molecule has 31 heavy (non-hydrogen) atoms. The summed E-state index contributed by atoms with van der Waals surface area (Å²) in [6.07, 6.45) is 1.92. The van der Waals surface area contributed by atoms with Crippen LogP contribution in [0.1, 0.15) is 26.7 Å². The van der Waals surface area contributed by atoms with Crippen LogP contribution in [0.3, 0.4) is 0 Å². The molecule has 2 heterocycles. The number of benzene rings is 2. The van der Waals surface area contributed by atoms with Gasteiger partial charge < -0.3 is 9.64 Å². The van der Waals surface area contributed by atoms with E-state index in [0.29, 0.717) is 27.3 Å². The number of rotatable bonds is 6. The van der Waals surface area contributed by atoms with Gasteiger partial charge in [-0.25, -0.2) is 4.99 Å². The van der Waals surface area contributed by atoms with Gasteiger partial charge >= 0.3 is 0 Å². The number of amidine groups is 1. The quantitative estimate of drug-likeness (QED) is 0.447. The number of hydrogen-bond donors (Lipinski definition) is 0. The van der Waals surface area contributed by atoms with Crippen molar-refractivity contribution in [3.8, 4) is 5.75 Å². The molecule has 1 saturated heterocycles. The highest BCUT2D eigenvalue weighted by molar-refractivity contribution is 8.19. The number of methoxy groups -OCH3 is 1. The second-order valence-corrected chi connectivity index (χ2v) is 9.49. The topological polar surface area (TPSA) is 45.1 Å². The number of carbonyl (C=O) groups is 1. The SMILES string of the molecule is CCCCN1C(=O)C(=C2Sc3ccc(OC)cc3N2CC)SC1=Nc1ccccc1Cl. The molecule has 4 rings (SSSR count). The van der Waals surface area contributed by atoms with Crippen molar-refractivity contribution < 1.29 is 9.53 Å². The van der Waals surface area contributed by atoms with E-state index in [0.717, 1.165) is 40.7 Å². The van der Waals surface area contributed by atoms with Crippen LogP contribution in [-0.2, 0) is 4.79 Å². The summed E-state index contributed by atoms with van der Waals surface area (Å²) in [5.74, 6) is 0.810. The molecular weight excluding hydrogens is 450 g/mol. The Morgan fingerprint density at radius 3 is 2.61 bits per heavy atom. The summed E-state index contributed by atoms with van der Waals surface area (Å²) >= 11 is 9.39. The monoisotopic (exact) mass is 473 g/mol. The van der Waals surface area contributed by atoms with E-state index in [1.165, 1.54) is 11.8 Å². The summed E-state index contributed by atoms with van der Waals surface area (Å²) in [6, 6.07) is 13.5. The highest BCUT2D eigenvalue weighted by Crippen LogP contribution is 2.51. The fourth-order valence-corrected chi connectivity index (χ4v) is 6.02. The fraction of sp³-hybridized carbons (Fsp3) is 0.304. The summed E-state index contributed by atoms with van der Waals surface area (Å²) in [4.78, 5) is 24.1. The van der Waals surface area contributed by atoms with Gasteiger partial charge in [0.1, 0.15) is 15.7 Å². The van der Waals surface area contributed by atoms with Crippen LogP contribution in [0.4, 0.5) is 11.4 Å². The molecule has 0 bridgehead atoms. The molecule has 0 atom stereocenters. The van der Waals surface area contributed by atoms with Crippen LogP contribution in [-0.4, -0.2) is 36.2 Å². The summed E-state index contributed by atoms with van der Waals surface area (Å²) in [5.41, 5.74) is 1.74. The minimum atomic E-state index is 0.00461. The number of hydrogen-bond acceptors (Lipinski definition) is 6. The average molecular weight is 474 g/mol. The van der Waals surface area contributed by atoms with Crippen molar-refractivity contribution >= 4 is 57.6 Å². The number of carbonyl (C=O) groups excluding carboxylic acids is 1. The Hall–Kier alpha value is -2.09. The van der Waals surface area contributed by atoms with E-state index in [1.54, 1.807) is 23.8 Å². The van der Waals surface area contributed by atoms with Gasteiger partial charge in [-0.3, -0.25) is 9.69 Å². The smallest absolute Gasteiger partial charge is 0.269 e. The van der Waals surface area contributed by atoms with E-state index in [-0.39, 0.29) is 5.91 Å². The van der Waals surface area contributed by atoms with Gasteiger partial charge in [-0.1, -0.05) is 48.8 Å². The molecule has 0 radical (unpaired) electrons. The zero-order chi connectivity index (χ0) is 22.0. The number of fused-ring (bicyclic) bond motifs is 1. The Balaban J connectivity index is 1.75. The Morgan fingerprint density at radius 1 is 1.10 bits per heavy atom. The van der Waals surface area contributed by atoms with Crippen molar-refractivity contribution in [3.05, 3.63) is 57.4 Å². The van der Waals surface area contributed by atoms with Crippen molar-refractivity contribution in [2.75, 3.05) is 25.1 Å². The van der Waals surface area contributed by atoms with Gasteiger partial charge in [0, 0.05) is 24.1 Å².